The molecule has 0 radical (unpaired) electrons. The van der Waals surface area contributed by atoms with E-state index >= 15 is 0 Å². The molecule has 0 bridgehead atoms. The highest BCUT2D eigenvalue weighted by atomic mass is 32.2. The van der Waals surface area contributed by atoms with Crippen LogP contribution in [0.3, 0.4) is 0 Å². The fourth-order valence-corrected chi connectivity index (χ4v) is 2.70. The highest BCUT2D eigenvalue weighted by Crippen LogP contribution is 2.22. The number of sulfonamides is 1. The van der Waals surface area contributed by atoms with E-state index in [2.05, 4.69) is 10.0 Å². The minimum atomic E-state index is -3.54. The third-order valence-electron chi connectivity index (χ3n) is 3.21. The molecule has 1 aromatic rings. The maximum Gasteiger partial charge on any atom is 0.236 e. The lowest BCUT2D eigenvalue weighted by Gasteiger charge is -2.15. The van der Waals surface area contributed by atoms with Gasteiger partial charge in [0.15, 0.2) is 11.6 Å². The molecule has 1 aliphatic rings. The second kappa shape index (κ2) is 5.97. The minimum absolute atomic E-state index is 0.0800. The van der Waals surface area contributed by atoms with Crippen molar-refractivity contribution in [3.8, 4) is 5.75 Å². The Morgan fingerprint density at radius 3 is 2.70 bits per heavy atom. The molecular weight excluding hydrogens is 283 g/mol. The number of hydrogen-bond donors (Lipinski definition) is 2. The van der Waals surface area contributed by atoms with Crippen LogP contribution in [-0.2, 0) is 10.0 Å². The Bertz CT molecular complexity index is 573. The van der Waals surface area contributed by atoms with Crippen LogP contribution in [0.2, 0.25) is 0 Å². The molecule has 1 atom stereocenters. The van der Waals surface area contributed by atoms with Gasteiger partial charge in [0.1, 0.15) is 0 Å². The Labute approximate surface area is 118 Å². The predicted molar refractivity (Wildman–Crippen MR) is 76.0 cm³/mol. The lowest BCUT2D eigenvalue weighted by Crippen LogP contribution is -2.35. The van der Waals surface area contributed by atoms with Crippen LogP contribution in [0.1, 0.15) is 19.8 Å². The highest BCUT2D eigenvalue weighted by Gasteiger charge is 2.25. The number of halogens is 1. The summed E-state index contributed by atoms with van der Waals surface area (Å²) in [6, 6.07) is 4.42. The smallest absolute Gasteiger partial charge is 0.236 e. The summed E-state index contributed by atoms with van der Waals surface area (Å²) in [7, 11) is -2.18. The summed E-state index contributed by atoms with van der Waals surface area (Å²) >= 11 is 0. The summed E-state index contributed by atoms with van der Waals surface area (Å²) in [5.41, 5.74) is 0.196. The lowest BCUT2D eigenvalue weighted by molar-refractivity contribution is 0.386. The van der Waals surface area contributed by atoms with Gasteiger partial charge in [-0.05, 0) is 31.9 Å². The van der Waals surface area contributed by atoms with Gasteiger partial charge in [-0.25, -0.2) is 12.8 Å². The highest BCUT2D eigenvalue weighted by molar-refractivity contribution is 7.93. The number of hydrogen-bond acceptors (Lipinski definition) is 4. The van der Waals surface area contributed by atoms with Gasteiger partial charge in [-0.3, -0.25) is 4.72 Å². The zero-order valence-electron chi connectivity index (χ0n) is 11.5. The predicted octanol–water partition coefficient (Wildman–Crippen LogP) is 1.72. The summed E-state index contributed by atoms with van der Waals surface area (Å²) in [6.45, 7) is 2.01. The van der Waals surface area contributed by atoms with Crippen molar-refractivity contribution in [2.24, 2.45) is 0 Å². The zero-order chi connectivity index (χ0) is 14.8. The summed E-state index contributed by atoms with van der Waals surface area (Å²) in [4.78, 5) is 0. The monoisotopic (exact) mass is 302 g/mol. The van der Waals surface area contributed by atoms with Gasteiger partial charge in [0.25, 0.3) is 0 Å². The molecule has 0 aromatic heterocycles. The lowest BCUT2D eigenvalue weighted by atomic mass is 10.3. The summed E-state index contributed by atoms with van der Waals surface area (Å²) in [5.74, 6) is -0.521. The third-order valence-corrected chi connectivity index (χ3v) is 4.96. The molecule has 1 saturated carbocycles. The maximum atomic E-state index is 13.5. The van der Waals surface area contributed by atoms with E-state index in [0.717, 1.165) is 18.9 Å². The largest absolute Gasteiger partial charge is 0.494 e. The number of ether oxygens (including phenoxy) is 1. The van der Waals surface area contributed by atoms with E-state index in [9.17, 15) is 12.8 Å². The van der Waals surface area contributed by atoms with Crippen LogP contribution in [-0.4, -0.2) is 33.4 Å². The second-order valence-electron chi connectivity index (χ2n) is 4.99. The molecule has 0 aliphatic heterocycles. The van der Waals surface area contributed by atoms with Crippen LogP contribution in [0.4, 0.5) is 10.1 Å². The molecule has 1 fully saturated rings. The van der Waals surface area contributed by atoms with Crippen molar-refractivity contribution in [3.63, 3.8) is 0 Å². The second-order valence-corrected chi connectivity index (χ2v) is 7.09. The molecule has 0 amide bonds. The molecule has 7 heteroatoms. The normalized spacial score (nSPS) is 16.8. The number of nitrogens with one attached hydrogen (secondary N) is 2. The molecule has 5 nitrogen and oxygen atoms in total. The standard InChI is InChI=1S/C13H19FN2O3S/c1-9(8-15-10-3-4-10)20(17,18)16-11-5-6-13(19-2)12(14)7-11/h5-7,9-10,15-16H,3-4,8H2,1-2H3. The first-order valence-corrected chi connectivity index (χ1v) is 8.05. The van der Waals surface area contributed by atoms with E-state index in [1.807, 2.05) is 0 Å². The van der Waals surface area contributed by atoms with Crippen molar-refractivity contribution in [1.29, 1.82) is 0 Å². The number of benzene rings is 1. The number of methoxy groups -OCH3 is 1. The van der Waals surface area contributed by atoms with E-state index in [4.69, 9.17) is 4.74 Å². The van der Waals surface area contributed by atoms with Gasteiger partial charge >= 0.3 is 0 Å². The quantitative estimate of drug-likeness (QED) is 0.805. The molecule has 20 heavy (non-hydrogen) atoms. The average molecular weight is 302 g/mol. The van der Waals surface area contributed by atoms with Crippen LogP contribution in [0.15, 0.2) is 18.2 Å². The summed E-state index contributed by atoms with van der Waals surface area (Å²) in [5, 5.41) is 2.58. The van der Waals surface area contributed by atoms with Crippen LogP contribution in [0, 0.1) is 5.82 Å². The van der Waals surface area contributed by atoms with Gasteiger partial charge in [0.05, 0.1) is 18.0 Å². The van der Waals surface area contributed by atoms with Crippen molar-refractivity contribution in [3.05, 3.63) is 24.0 Å². The molecule has 1 aromatic carbocycles. The van der Waals surface area contributed by atoms with E-state index in [1.54, 1.807) is 6.92 Å². The van der Waals surface area contributed by atoms with Crippen LogP contribution >= 0.6 is 0 Å². The van der Waals surface area contributed by atoms with Crippen LogP contribution < -0.4 is 14.8 Å². The number of rotatable bonds is 7. The molecular formula is C13H19FN2O3S. The fourth-order valence-electron chi connectivity index (χ4n) is 1.72. The first kappa shape index (κ1) is 15.1. The van der Waals surface area contributed by atoms with Gasteiger partial charge < -0.3 is 10.1 Å². The van der Waals surface area contributed by atoms with E-state index in [-0.39, 0.29) is 11.4 Å². The summed E-state index contributed by atoms with van der Waals surface area (Å²) in [6.07, 6.45) is 2.20. The van der Waals surface area contributed by atoms with Crippen LogP contribution in [0.25, 0.3) is 0 Å². The Morgan fingerprint density at radius 1 is 1.45 bits per heavy atom. The Hall–Kier alpha value is -1.34. The third kappa shape index (κ3) is 3.83. The zero-order valence-corrected chi connectivity index (χ0v) is 12.3. The van der Waals surface area contributed by atoms with Gasteiger partial charge in [-0.1, -0.05) is 0 Å². The van der Waals surface area contributed by atoms with Crippen molar-refractivity contribution in [2.75, 3.05) is 18.4 Å². The maximum absolute atomic E-state index is 13.5. The Kier molecular flexibility index (Phi) is 4.49. The van der Waals surface area contributed by atoms with E-state index in [1.165, 1.54) is 19.2 Å². The first-order chi connectivity index (χ1) is 9.42. The fraction of sp³-hybridized carbons (Fsp3) is 0.538. The van der Waals surface area contributed by atoms with Crippen molar-refractivity contribution in [2.45, 2.75) is 31.1 Å². The van der Waals surface area contributed by atoms with E-state index < -0.39 is 21.1 Å². The molecule has 2 rings (SSSR count). The van der Waals surface area contributed by atoms with Crippen molar-refractivity contribution in [1.82, 2.24) is 5.32 Å². The first-order valence-electron chi connectivity index (χ1n) is 6.51. The molecule has 1 aliphatic carbocycles. The number of anilines is 1. The van der Waals surface area contributed by atoms with Gasteiger partial charge in [-0.2, -0.15) is 0 Å². The van der Waals surface area contributed by atoms with Crippen molar-refractivity contribution >= 4 is 15.7 Å². The van der Waals surface area contributed by atoms with Gasteiger partial charge in [0, 0.05) is 18.7 Å². The van der Waals surface area contributed by atoms with Crippen molar-refractivity contribution < 1.29 is 17.5 Å². The average Bonchev–Trinajstić information content (AvgIpc) is 3.19. The van der Waals surface area contributed by atoms with Crippen LogP contribution in [0.5, 0.6) is 5.75 Å². The Balaban J connectivity index is 2.00. The molecule has 0 saturated heterocycles. The minimum Gasteiger partial charge on any atom is -0.494 e. The van der Waals surface area contributed by atoms with E-state index in [0.29, 0.717) is 12.6 Å². The molecule has 1 unspecified atom stereocenters. The molecule has 2 N–H and O–H groups in total. The van der Waals surface area contributed by atoms with Gasteiger partial charge in [-0.15, -0.1) is 0 Å². The summed E-state index contributed by atoms with van der Waals surface area (Å²) < 4.78 is 44.9. The Morgan fingerprint density at radius 2 is 2.15 bits per heavy atom. The SMILES string of the molecule is COc1ccc(NS(=O)(=O)C(C)CNC2CC2)cc1F. The molecule has 112 valence electrons. The van der Waals surface area contributed by atoms with Gasteiger partial charge in [0.2, 0.25) is 10.0 Å². The topological polar surface area (TPSA) is 67.4 Å². The molecule has 0 spiro atoms. The molecule has 0 heterocycles.